The molecule has 2 amide bonds. The van der Waals surface area contributed by atoms with Crippen LogP contribution in [-0.2, 0) is 4.79 Å². The van der Waals surface area contributed by atoms with E-state index >= 15 is 0 Å². The quantitative estimate of drug-likeness (QED) is 0.860. The molecule has 0 bridgehead atoms. The van der Waals surface area contributed by atoms with Gasteiger partial charge in [0, 0.05) is 25.3 Å². The molecule has 1 aromatic rings. The average molecular weight is 277 g/mol. The van der Waals surface area contributed by atoms with Gasteiger partial charge < -0.3 is 16.0 Å². The second kappa shape index (κ2) is 7.05. The smallest absolute Gasteiger partial charge is 0.253 e. The van der Waals surface area contributed by atoms with E-state index < -0.39 is 6.04 Å². The molecular weight excluding hydrogens is 254 g/mol. The summed E-state index contributed by atoms with van der Waals surface area (Å²) in [5, 5.41) is 2.76. The van der Waals surface area contributed by atoms with Crippen molar-refractivity contribution in [3.8, 4) is 0 Å². The van der Waals surface area contributed by atoms with Crippen molar-refractivity contribution in [1.29, 1.82) is 0 Å². The lowest BCUT2D eigenvalue weighted by Crippen LogP contribution is -2.40. The van der Waals surface area contributed by atoms with Crippen LogP contribution in [-0.4, -0.2) is 36.9 Å². The van der Waals surface area contributed by atoms with Gasteiger partial charge in [-0.15, -0.1) is 0 Å². The molecule has 110 valence electrons. The molecule has 0 radical (unpaired) electrons. The number of hydrogen-bond acceptors (Lipinski definition) is 3. The molecule has 0 aliphatic carbocycles. The summed E-state index contributed by atoms with van der Waals surface area (Å²) in [7, 11) is 3.40. The Morgan fingerprint density at radius 1 is 1.25 bits per heavy atom. The molecule has 1 rings (SSSR count). The Bertz CT molecular complexity index is 469. The Morgan fingerprint density at radius 3 is 2.25 bits per heavy atom. The second-order valence-electron chi connectivity index (χ2n) is 5.18. The van der Waals surface area contributed by atoms with Gasteiger partial charge in [0.1, 0.15) is 0 Å². The largest absolute Gasteiger partial charge is 0.345 e. The highest BCUT2D eigenvalue weighted by Gasteiger charge is 2.19. The van der Waals surface area contributed by atoms with Gasteiger partial charge in [-0.2, -0.15) is 0 Å². The van der Waals surface area contributed by atoms with Gasteiger partial charge in [-0.3, -0.25) is 9.59 Å². The van der Waals surface area contributed by atoms with E-state index in [-0.39, 0.29) is 17.7 Å². The number of nitrogens with two attached hydrogens (primary N) is 1. The van der Waals surface area contributed by atoms with Crippen molar-refractivity contribution in [1.82, 2.24) is 4.90 Å². The molecule has 2 atom stereocenters. The highest BCUT2D eigenvalue weighted by atomic mass is 16.2. The first kappa shape index (κ1) is 16.2. The average Bonchev–Trinajstić information content (AvgIpc) is 2.45. The number of hydrogen-bond donors (Lipinski definition) is 2. The molecule has 0 aromatic heterocycles. The Hall–Kier alpha value is -1.88. The summed E-state index contributed by atoms with van der Waals surface area (Å²) in [4.78, 5) is 25.2. The van der Waals surface area contributed by atoms with Crippen molar-refractivity contribution in [2.24, 2.45) is 11.7 Å². The number of nitrogens with zero attached hydrogens (tertiary/aromatic N) is 1. The Kier molecular flexibility index (Phi) is 5.70. The number of anilines is 1. The van der Waals surface area contributed by atoms with E-state index in [4.69, 9.17) is 5.73 Å². The van der Waals surface area contributed by atoms with Gasteiger partial charge in [-0.25, -0.2) is 0 Å². The van der Waals surface area contributed by atoms with E-state index in [1.165, 1.54) is 4.90 Å². The first-order valence-electron chi connectivity index (χ1n) is 6.75. The number of carbonyl (C=O) groups is 2. The van der Waals surface area contributed by atoms with Crippen LogP contribution in [0.1, 0.15) is 30.6 Å². The van der Waals surface area contributed by atoms with Crippen LogP contribution in [0.25, 0.3) is 0 Å². The van der Waals surface area contributed by atoms with E-state index in [2.05, 4.69) is 5.32 Å². The van der Waals surface area contributed by atoms with Gasteiger partial charge in [-0.05, 0) is 30.2 Å². The molecule has 0 saturated carbocycles. The zero-order valence-electron chi connectivity index (χ0n) is 12.5. The summed E-state index contributed by atoms with van der Waals surface area (Å²) in [6, 6.07) is 6.26. The van der Waals surface area contributed by atoms with E-state index in [9.17, 15) is 9.59 Å². The summed E-state index contributed by atoms with van der Waals surface area (Å²) >= 11 is 0. The predicted octanol–water partition coefficient (Wildman–Crippen LogP) is 1.70. The van der Waals surface area contributed by atoms with Crippen molar-refractivity contribution < 1.29 is 9.59 Å². The zero-order valence-corrected chi connectivity index (χ0v) is 12.5. The van der Waals surface area contributed by atoms with E-state index in [0.717, 1.165) is 6.42 Å². The lowest BCUT2D eigenvalue weighted by molar-refractivity contribution is -0.118. The Morgan fingerprint density at radius 2 is 1.80 bits per heavy atom. The standard InChI is InChI=1S/C15H23N3O2/c1-5-10(2)13(16)14(19)17-12-8-6-11(7-9-12)15(20)18(3)4/h6-10,13H,5,16H2,1-4H3,(H,17,19)/t10-,13-/m0/s1. The van der Waals surface area contributed by atoms with Crippen molar-refractivity contribution in [3.63, 3.8) is 0 Å². The fraction of sp³-hybridized carbons (Fsp3) is 0.467. The van der Waals surface area contributed by atoms with Crippen LogP contribution in [0.4, 0.5) is 5.69 Å². The van der Waals surface area contributed by atoms with Crippen LogP contribution >= 0.6 is 0 Å². The molecule has 20 heavy (non-hydrogen) atoms. The zero-order chi connectivity index (χ0) is 15.3. The third-order valence-corrected chi connectivity index (χ3v) is 3.37. The lowest BCUT2D eigenvalue weighted by Gasteiger charge is -2.18. The number of benzene rings is 1. The molecule has 3 N–H and O–H groups in total. The maximum Gasteiger partial charge on any atom is 0.253 e. The Labute approximate surface area is 120 Å². The minimum atomic E-state index is -0.525. The van der Waals surface area contributed by atoms with E-state index in [1.807, 2.05) is 13.8 Å². The molecule has 0 saturated heterocycles. The number of rotatable bonds is 5. The fourth-order valence-electron chi connectivity index (χ4n) is 1.69. The van der Waals surface area contributed by atoms with Crippen molar-refractivity contribution in [3.05, 3.63) is 29.8 Å². The van der Waals surface area contributed by atoms with Gasteiger partial charge >= 0.3 is 0 Å². The van der Waals surface area contributed by atoms with Gasteiger partial charge in [0.05, 0.1) is 6.04 Å². The van der Waals surface area contributed by atoms with Crippen LogP contribution in [0.5, 0.6) is 0 Å². The van der Waals surface area contributed by atoms with Gasteiger partial charge in [-0.1, -0.05) is 20.3 Å². The molecule has 5 nitrogen and oxygen atoms in total. The number of nitrogens with one attached hydrogen (secondary N) is 1. The predicted molar refractivity (Wildman–Crippen MR) is 80.5 cm³/mol. The molecule has 0 fully saturated rings. The molecule has 5 heteroatoms. The molecular formula is C15H23N3O2. The maximum atomic E-state index is 11.9. The monoisotopic (exact) mass is 277 g/mol. The summed E-state index contributed by atoms with van der Waals surface area (Å²) in [5.41, 5.74) is 7.09. The summed E-state index contributed by atoms with van der Waals surface area (Å²) in [6.45, 7) is 3.95. The number of amides is 2. The molecule has 0 unspecified atom stereocenters. The first-order valence-corrected chi connectivity index (χ1v) is 6.75. The maximum absolute atomic E-state index is 11.9. The van der Waals surface area contributed by atoms with Crippen LogP contribution in [0, 0.1) is 5.92 Å². The van der Waals surface area contributed by atoms with Crippen LogP contribution in [0.3, 0.4) is 0 Å². The normalized spacial score (nSPS) is 13.4. The summed E-state index contributed by atoms with van der Waals surface area (Å²) in [6.07, 6.45) is 0.852. The van der Waals surface area contributed by atoms with E-state index in [0.29, 0.717) is 11.3 Å². The third-order valence-electron chi connectivity index (χ3n) is 3.37. The van der Waals surface area contributed by atoms with Crippen molar-refractivity contribution in [2.75, 3.05) is 19.4 Å². The number of carbonyl (C=O) groups excluding carboxylic acids is 2. The van der Waals surface area contributed by atoms with Crippen molar-refractivity contribution >= 4 is 17.5 Å². The minimum absolute atomic E-state index is 0.0702. The molecule has 0 heterocycles. The van der Waals surface area contributed by atoms with Crippen LogP contribution in [0.2, 0.25) is 0 Å². The third kappa shape index (κ3) is 4.06. The highest BCUT2D eigenvalue weighted by Crippen LogP contribution is 2.13. The SMILES string of the molecule is CC[C@H](C)[C@H](N)C(=O)Nc1ccc(C(=O)N(C)C)cc1. The first-order chi connectivity index (χ1) is 9.36. The molecule has 1 aromatic carbocycles. The lowest BCUT2D eigenvalue weighted by atomic mass is 9.99. The topological polar surface area (TPSA) is 75.4 Å². The summed E-state index contributed by atoms with van der Waals surface area (Å²) in [5.74, 6) is -0.144. The van der Waals surface area contributed by atoms with Gasteiger partial charge in [0.25, 0.3) is 5.91 Å². The molecule has 0 aliphatic heterocycles. The Balaban J connectivity index is 2.71. The molecule has 0 aliphatic rings. The summed E-state index contributed by atoms with van der Waals surface area (Å²) < 4.78 is 0. The van der Waals surface area contributed by atoms with Crippen molar-refractivity contribution in [2.45, 2.75) is 26.3 Å². The van der Waals surface area contributed by atoms with Gasteiger partial charge in [0.2, 0.25) is 5.91 Å². The van der Waals surface area contributed by atoms with Crippen LogP contribution < -0.4 is 11.1 Å². The highest BCUT2D eigenvalue weighted by molar-refractivity contribution is 5.97. The fourth-order valence-corrected chi connectivity index (χ4v) is 1.69. The second-order valence-corrected chi connectivity index (χ2v) is 5.18. The molecule has 0 spiro atoms. The van der Waals surface area contributed by atoms with Crippen LogP contribution in [0.15, 0.2) is 24.3 Å². The minimum Gasteiger partial charge on any atom is -0.345 e. The van der Waals surface area contributed by atoms with E-state index in [1.54, 1.807) is 38.4 Å². The van der Waals surface area contributed by atoms with Gasteiger partial charge in [0.15, 0.2) is 0 Å².